The van der Waals surface area contributed by atoms with E-state index >= 15 is 0 Å². The normalized spacial score (nSPS) is 39.8. The second-order valence-corrected chi connectivity index (χ2v) is 3.58. The van der Waals surface area contributed by atoms with Crippen LogP contribution in [-0.4, -0.2) is 12.6 Å². The molecule has 0 amide bonds. The van der Waals surface area contributed by atoms with E-state index in [0.717, 1.165) is 24.4 Å². The van der Waals surface area contributed by atoms with Crippen molar-refractivity contribution in [1.29, 1.82) is 0 Å². The van der Waals surface area contributed by atoms with Crippen LogP contribution in [0.5, 0.6) is 0 Å². The van der Waals surface area contributed by atoms with E-state index in [4.69, 9.17) is 0 Å². The highest BCUT2D eigenvalue weighted by Gasteiger charge is 2.34. The van der Waals surface area contributed by atoms with Gasteiger partial charge in [-0.05, 0) is 24.7 Å². The number of allylic oxidation sites excluding steroid dienone is 1. The Morgan fingerprint density at radius 3 is 2.91 bits per heavy atom. The average Bonchev–Trinajstić information content (AvgIpc) is 2.60. The highest BCUT2D eigenvalue weighted by molar-refractivity contribution is 5.12. The zero-order valence-electron chi connectivity index (χ0n) is 6.79. The SMILES string of the molecule is C=CCNC1C[C@@H]2C=C[C@H]1C2. The fraction of sp³-hybridized carbons (Fsp3) is 0.600. The Labute approximate surface area is 68.2 Å². The van der Waals surface area contributed by atoms with Crippen LogP contribution in [0.3, 0.4) is 0 Å². The van der Waals surface area contributed by atoms with Crippen molar-refractivity contribution in [3.05, 3.63) is 24.8 Å². The van der Waals surface area contributed by atoms with Crippen molar-refractivity contribution in [3.63, 3.8) is 0 Å². The molecule has 1 fully saturated rings. The summed E-state index contributed by atoms with van der Waals surface area (Å²) in [5.41, 5.74) is 0. The van der Waals surface area contributed by atoms with Gasteiger partial charge >= 0.3 is 0 Å². The maximum absolute atomic E-state index is 3.70. The van der Waals surface area contributed by atoms with Gasteiger partial charge in [0.2, 0.25) is 0 Å². The van der Waals surface area contributed by atoms with Gasteiger partial charge in [-0.25, -0.2) is 0 Å². The van der Waals surface area contributed by atoms with E-state index in [0.29, 0.717) is 0 Å². The molecule has 11 heavy (non-hydrogen) atoms. The third-order valence-electron chi connectivity index (χ3n) is 2.80. The van der Waals surface area contributed by atoms with Crippen molar-refractivity contribution < 1.29 is 0 Å². The first-order valence-electron chi connectivity index (χ1n) is 4.43. The first kappa shape index (κ1) is 7.11. The lowest BCUT2D eigenvalue weighted by Gasteiger charge is -2.18. The van der Waals surface area contributed by atoms with Crippen LogP contribution >= 0.6 is 0 Å². The summed E-state index contributed by atoms with van der Waals surface area (Å²) in [5.74, 6) is 1.70. The molecule has 0 aromatic heterocycles. The highest BCUT2D eigenvalue weighted by Crippen LogP contribution is 2.38. The van der Waals surface area contributed by atoms with Gasteiger partial charge in [0.25, 0.3) is 0 Å². The van der Waals surface area contributed by atoms with Gasteiger partial charge in [0.15, 0.2) is 0 Å². The number of fused-ring (bicyclic) bond motifs is 2. The van der Waals surface area contributed by atoms with Gasteiger partial charge in [0.1, 0.15) is 0 Å². The molecule has 0 radical (unpaired) electrons. The lowest BCUT2D eigenvalue weighted by molar-refractivity contribution is 0.472. The van der Waals surface area contributed by atoms with Crippen molar-refractivity contribution in [2.24, 2.45) is 11.8 Å². The zero-order valence-corrected chi connectivity index (χ0v) is 6.79. The molecule has 2 bridgehead atoms. The van der Waals surface area contributed by atoms with Crippen LogP contribution in [-0.2, 0) is 0 Å². The zero-order chi connectivity index (χ0) is 7.68. The standard InChI is InChI=1S/C10H15N/c1-2-5-11-10-7-8-3-4-9(10)6-8/h2-4,8-11H,1,5-7H2/t8-,9+,10?/m1/s1. The second-order valence-electron chi connectivity index (χ2n) is 3.58. The Morgan fingerprint density at radius 2 is 2.36 bits per heavy atom. The van der Waals surface area contributed by atoms with E-state index < -0.39 is 0 Å². The van der Waals surface area contributed by atoms with Crippen molar-refractivity contribution >= 4 is 0 Å². The Kier molecular flexibility index (Phi) is 1.82. The Bertz CT molecular complexity index is 183. The maximum atomic E-state index is 3.70. The van der Waals surface area contributed by atoms with Gasteiger partial charge in [-0.1, -0.05) is 18.2 Å². The Morgan fingerprint density at radius 1 is 1.45 bits per heavy atom. The summed E-state index contributed by atoms with van der Waals surface area (Å²) < 4.78 is 0. The lowest BCUT2D eigenvalue weighted by Crippen LogP contribution is -2.32. The van der Waals surface area contributed by atoms with Crippen LogP contribution in [0.1, 0.15) is 12.8 Å². The number of hydrogen-bond donors (Lipinski definition) is 1. The van der Waals surface area contributed by atoms with Crippen LogP contribution in [0.25, 0.3) is 0 Å². The fourth-order valence-corrected chi connectivity index (χ4v) is 2.25. The van der Waals surface area contributed by atoms with Crippen molar-refractivity contribution in [2.45, 2.75) is 18.9 Å². The minimum atomic E-state index is 0.739. The molecule has 0 spiro atoms. The van der Waals surface area contributed by atoms with Gasteiger partial charge in [0, 0.05) is 12.6 Å². The summed E-state index contributed by atoms with van der Waals surface area (Å²) >= 11 is 0. The molecule has 60 valence electrons. The summed E-state index contributed by atoms with van der Waals surface area (Å²) in [4.78, 5) is 0. The van der Waals surface area contributed by atoms with E-state index in [1.807, 2.05) is 6.08 Å². The monoisotopic (exact) mass is 149 g/mol. The number of rotatable bonds is 3. The summed E-state index contributed by atoms with van der Waals surface area (Å²) in [5, 5.41) is 3.49. The predicted molar refractivity (Wildman–Crippen MR) is 47.3 cm³/mol. The summed E-state index contributed by atoms with van der Waals surface area (Å²) in [7, 11) is 0. The van der Waals surface area contributed by atoms with Gasteiger partial charge in [-0.2, -0.15) is 0 Å². The van der Waals surface area contributed by atoms with E-state index in [1.165, 1.54) is 12.8 Å². The molecule has 0 aromatic rings. The molecule has 0 heterocycles. The number of hydrogen-bond acceptors (Lipinski definition) is 1. The summed E-state index contributed by atoms with van der Waals surface area (Å²) in [6.45, 7) is 4.66. The molecular weight excluding hydrogens is 134 g/mol. The summed E-state index contributed by atoms with van der Waals surface area (Å²) in [6.07, 6.45) is 9.41. The van der Waals surface area contributed by atoms with Crippen LogP contribution in [0.2, 0.25) is 0 Å². The lowest BCUT2D eigenvalue weighted by atomic mass is 10.0. The molecule has 2 rings (SSSR count). The molecular formula is C10H15N. The van der Waals surface area contributed by atoms with Crippen molar-refractivity contribution in [1.82, 2.24) is 5.32 Å². The van der Waals surface area contributed by atoms with Crippen molar-refractivity contribution in [2.75, 3.05) is 6.54 Å². The van der Waals surface area contributed by atoms with Gasteiger partial charge in [0.05, 0.1) is 0 Å². The smallest absolute Gasteiger partial charge is 0.0139 e. The van der Waals surface area contributed by atoms with E-state index in [1.54, 1.807) is 0 Å². The molecule has 0 aromatic carbocycles. The van der Waals surface area contributed by atoms with Gasteiger partial charge < -0.3 is 5.32 Å². The fourth-order valence-electron chi connectivity index (χ4n) is 2.25. The third kappa shape index (κ3) is 1.25. The molecule has 3 atom stereocenters. The first-order valence-corrected chi connectivity index (χ1v) is 4.43. The topological polar surface area (TPSA) is 12.0 Å². The second kappa shape index (κ2) is 2.82. The molecule has 2 aliphatic rings. The maximum Gasteiger partial charge on any atom is 0.0139 e. The molecule has 1 nitrogen and oxygen atoms in total. The van der Waals surface area contributed by atoms with E-state index in [-0.39, 0.29) is 0 Å². The van der Waals surface area contributed by atoms with Crippen LogP contribution in [0.4, 0.5) is 0 Å². The van der Waals surface area contributed by atoms with Gasteiger partial charge in [-0.3, -0.25) is 0 Å². The minimum absolute atomic E-state index is 0.739. The van der Waals surface area contributed by atoms with Crippen LogP contribution < -0.4 is 5.32 Å². The molecule has 2 aliphatic carbocycles. The van der Waals surface area contributed by atoms with Gasteiger partial charge in [-0.15, -0.1) is 6.58 Å². The first-order chi connectivity index (χ1) is 5.40. The van der Waals surface area contributed by atoms with E-state index in [2.05, 4.69) is 24.0 Å². The van der Waals surface area contributed by atoms with E-state index in [9.17, 15) is 0 Å². The highest BCUT2D eigenvalue weighted by atomic mass is 14.9. The van der Waals surface area contributed by atoms with Crippen molar-refractivity contribution in [3.8, 4) is 0 Å². The quantitative estimate of drug-likeness (QED) is 0.602. The van der Waals surface area contributed by atoms with Crippen LogP contribution in [0.15, 0.2) is 24.8 Å². The summed E-state index contributed by atoms with van der Waals surface area (Å²) in [6, 6.07) is 0.739. The Balaban J connectivity index is 1.88. The third-order valence-corrected chi connectivity index (χ3v) is 2.80. The molecule has 1 saturated carbocycles. The largest absolute Gasteiger partial charge is 0.310 e. The molecule has 1 unspecified atom stereocenters. The Hall–Kier alpha value is -0.560. The number of nitrogens with one attached hydrogen (secondary N) is 1. The molecule has 1 heteroatoms. The molecule has 1 N–H and O–H groups in total. The molecule has 0 saturated heterocycles. The van der Waals surface area contributed by atoms with Crippen LogP contribution in [0, 0.1) is 11.8 Å². The average molecular weight is 149 g/mol. The minimum Gasteiger partial charge on any atom is -0.310 e. The molecule has 0 aliphatic heterocycles. The predicted octanol–water partition coefficient (Wildman–Crippen LogP) is 1.73.